The maximum atomic E-state index is 11.9. The van der Waals surface area contributed by atoms with Crippen molar-refractivity contribution in [2.24, 2.45) is 0 Å². The summed E-state index contributed by atoms with van der Waals surface area (Å²) in [4.78, 5) is 28.9. The van der Waals surface area contributed by atoms with Crippen molar-refractivity contribution in [3.63, 3.8) is 0 Å². The molecular weight excluding hydrogens is 275 g/mol. The molecule has 0 unspecified atom stereocenters. The van der Waals surface area contributed by atoms with Gasteiger partial charge in [-0.25, -0.2) is 9.78 Å². The van der Waals surface area contributed by atoms with Gasteiger partial charge in [-0.15, -0.1) is 0 Å². The second-order valence-electron chi connectivity index (χ2n) is 3.62. The van der Waals surface area contributed by atoms with Gasteiger partial charge in [0.05, 0.1) is 17.6 Å². The summed E-state index contributed by atoms with van der Waals surface area (Å²) < 4.78 is 0. The predicted octanol–water partition coefficient (Wildman–Crippen LogP) is 2.50. The van der Waals surface area contributed by atoms with Gasteiger partial charge in [-0.2, -0.15) is 0 Å². The highest BCUT2D eigenvalue weighted by molar-refractivity contribution is 6.31. The second kappa shape index (κ2) is 5.33. The minimum atomic E-state index is -0.529. The third-order valence-corrected chi connectivity index (χ3v) is 2.92. The third-order valence-electron chi connectivity index (χ3n) is 2.34. The topological polar surface area (TPSA) is 62.8 Å². The Balaban J connectivity index is 2.23. The molecule has 0 saturated heterocycles. The first-order valence-corrected chi connectivity index (χ1v) is 5.84. The van der Waals surface area contributed by atoms with Crippen molar-refractivity contribution < 1.29 is 4.79 Å². The van der Waals surface area contributed by atoms with Crippen LogP contribution in [-0.2, 0) is 6.42 Å². The van der Waals surface area contributed by atoms with Crippen LogP contribution in [-0.4, -0.2) is 15.8 Å². The number of nitrogens with one attached hydrogen (secondary N) is 1. The number of Topliss-reactive ketones (excluding diaryl/α,β-unsaturated/α-hetero) is 1. The molecule has 4 nitrogen and oxygen atoms in total. The molecule has 92 valence electrons. The number of benzene rings is 1. The predicted molar refractivity (Wildman–Crippen MR) is 69.4 cm³/mol. The summed E-state index contributed by atoms with van der Waals surface area (Å²) in [6.07, 6.45) is 1.24. The van der Waals surface area contributed by atoms with Gasteiger partial charge < -0.3 is 4.98 Å². The lowest BCUT2D eigenvalue weighted by atomic mass is 10.1. The van der Waals surface area contributed by atoms with E-state index >= 15 is 0 Å². The third kappa shape index (κ3) is 2.97. The van der Waals surface area contributed by atoms with E-state index in [1.807, 2.05) is 0 Å². The molecular formula is C12H8Cl2N2O2. The minimum absolute atomic E-state index is 0.0121. The van der Waals surface area contributed by atoms with E-state index in [9.17, 15) is 9.59 Å². The SMILES string of the molecule is O=C(Cc1[nH]c(=O)ncc1Cl)c1ccc(Cl)cc1. The number of rotatable bonds is 3. The molecule has 0 fully saturated rings. The molecule has 1 heterocycles. The Bertz CT molecular complexity index is 635. The number of nitrogens with zero attached hydrogens (tertiary/aromatic N) is 1. The van der Waals surface area contributed by atoms with E-state index in [0.29, 0.717) is 16.3 Å². The van der Waals surface area contributed by atoms with Crippen LogP contribution < -0.4 is 5.69 Å². The average Bonchev–Trinajstić information content (AvgIpc) is 2.34. The number of aromatic nitrogens is 2. The van der Waals surface area contributed by atoms with Crippen LogP contribution in [0, 0.1) is 0 Å². The van der Waals surface area contributed by atoms with Crippen LogP contribution in [0.15, 0.2) is 35.3 Å². The molecule has 1 aromatic heterocycles. The fraction of sp³-hybridized carbons (Fsp3) is 0.0833. The Kier molecular flexibility index (Phi) is 3.79. The van der Waals surface area contributed by atoms with Gasteiger partial charge in [0.2, 0.25) is 0 Å². The van der Waals surface area contributed by atoms with Crippen LogP contribution in [0.25, 0.3) is 0 Å². The van der Waals surface area contributed by atoms with Crippen LogP contribution in [0.3, 0.4) is 0 Å². The van der Waals surface area contributed by atoms with Crippen molar-refractivity contribution in [2.45, 2.75) is 6.42 Å². The van der Waals surface area contributed by atoms with Crippen LogP contribution in [0.2, 0.25) is 10.0 Å². The maximum absolute atomic E-state index is 11.9. The van der Waals surface area contributed by atoms with Gasteiger partial charge >= 0.3 is 5.69 Å². The Labute approximate surface area is 113 Å². The van der Waals surface area contributed by atoms with Crippen molar-refractivity contribution in [1.29, 1.82) is 0 Å². The summed E-state index contributed by atoms with van der Waals surface area (Å²) in [6.45, 7) is 0. The van der Waals surface area contributed by atoms with Gasteiger partial charge in [0.25, 0.3) is 0 Å². The molecule has 1 aromatic carbocycles. The fourth-order valence-corrected chi connectivity index (χ4v) is 1.73. The van der Waals surface area contributed by atoms with E-state index in [-0.39, 0.29) is 17.2 Å². The van der Waals surface area contributed by atoms with Crippen LogP contribution in [0.4, 0.5) is 0 Å². The summed E-state index contributed by atoms with van der Waals surface area (Å²) in [5.74, 6) is -0.157. The highest BCUT2D eigenvalue weighted by Crippen LogP contribution is 2.15. The number of H-pyrrole nitrogens is 1. The zero-order valence-corrected chi connectivity index (χ0v) is 10.6. The molecule has 0 spiro atoms. The van der Waals surface area contributed by atoms with E-state index < -0.39 is 5.69 Å². The van der Waals surface area contributed by atoms with Gasteiger partial charge in [0.15, 0.2) is 5.78 Å². The van der Waals surface area contributed by atoms with E-state index in [4.69, 9.17) is 23.2 Å². The standard InChI is InChI=1S/C12H8Cl2N2O2/c13-8-3-1-7(2-4-8)11(17)5-10-9(14)6-15-12(18)16-10/h1-4,6H,5H2,(H,15,16,18). The zero-order valence-electron chi connectivity index (χ0n) is 9.11. The molecule has 0 atom stereocenters. The van der Waals surface area contributed by atoms with Gasteiger partial charge in [0, 0.05) is 16.3 Å². The second-order valence-corrected chi connectivity index (χ2v) is 4.47. The Morgan fingerprint density at radius 1 is 1.22 bits per heavy atom. The Morgan fingerprint density at radius 3 is 2.56 bits per heavy atom. The molecule has 0 saturated carbocycles. The van der Waals surface area contributed by atoms with Crippen molar-refractivity contribution >= 4 is 29.0 Å². The van der Waals surface area contributed by atoms with Crippen LogP contribution >= 0.6 is 23.2 Å². The van der Waals surface area contributed by atoms with Crippen molar-refractivity contribution in [2.75, 3.05) is 0 Å². The zero-order chi connectivity index (χ0) is 13.1. The first kappa shape index (κ1) is 12.8. The highest BCUT2D eigenvalue weighted by atomic mass is 35.5. The number of ketones is 1. The molecule has 0 aliphatic carbocycles. The van der Waals surface area contributed by atoms with Crippen molar-refractivity contribution in [3.05, 3.63) is 62.2 Å². The number of hydrogen-bond donors (Lipinski definition) is 1. The Morgan fingerprint density at radius 2 is 1.89 bits per heavy atom. The van der Waals surface area contributed by atoms with E-state index in [2.05, 4.69) is 9.97 Å². The quantitative estimate of drug-likeness (QED) is 0.880. The summed E-state index contributed by atoms with van der Waals surface area (Å²) in [5.41, 5.74) is 0.336. The summed E-state index contributed by atoms with van der Waals surface area (Å²) in [5, 5.41) is 0.818. The number of aromatic amines is 1. The number of halogens is 2. The molecule has 0 amide bonds. The fourth-order valence-electron chi connectivity index (χ4n) is 1.44. The van der Waals surface area contributed by atoms with Gasteiger partial charge in [-0.3, -0.25) is 4.79 Å². The van der Waals surface area contributed by atoms with E-state index in [0.717, 1.165) is 0 Å². The molecule has 6 heteroatoms. The largest absolute Gasteiger partial charge is 0.345 e. The lowest BCUT2D eigenvalue weighted by molar-refractivity contribution is 0.0992. The first-order chi connectivity index (χ1) is 8.56. The minimum Gasteiger partial charge on any atom is -0.308 e. The normalized spacial score (nSPS) is 10.3. The smallest absolute Gasteiger partial charge is 0.308 e. The molecule has 0 radical (unpaired) electrons. The highest BCUT2D eigenvalue weighted by Gasteiger charge is 2.10. The lowest BCUT2D eigenvalue weighted by Gasteiger charge is -2.03. The molecule has 18 heavy (non-hydrogen) atoms. The van der Waals surface area contributed by atoms with Crippen LogP contribution in [0.5, 0.6) is 0 Å². The molecule has 1 N–H and O–H groups in total. The first-order valence-electron chi connectivity index (χ1n) is 5.09. The maximum Gasteiger partial charge on any atom is 0.345 e. The molecule has 2 rings (SSSR count). The lowest BCUT2D eigenvalue weighted by Crippen LogP contribution is -2.15. The summed E-state index contributed by atoms with van der Waals surface area (Å²) >= 11 is 11.6. The molecule has 0 aliphatic heterocycles. The monoisotopic (exact) mass is 282 g/mol. The van der Waals surface area contributed by atoms with Crippen molar-refractivity contribution in [1.82, 2.24) is 9.97 Å². The van der Waals surface area contributed by atoms with Crippen LogP contribution in [0.1, 0.15) is 16.1 Å². The molecule has 0 aliphatic rings. The van der Waals surface area contributed by atoms with Gasteiger partial charge in [-0.1, -0.05) is 23.2 Å². The number of carbonyl (C=O) groups is 1. The Hall–Kier alpha value is -1.65. The van der Waals surface area contributed by atoms with Gasteiger partial charge in [0.1, 0.15) is 0 Å². The van der Waals surface area contributed by atoms with Gasteiger partial charge in [-0.05, 0) is 24.3 Å². The molecule has 0 bridgehead atoms. The van der Waals surface area contributed by atoms with Crippen molar-refractivity contribution in [3.8, 4) is 0 Å². The summed E-state index contributed by atoms with van der Waals surface area (Å²) in [6, 6.07) is 6.51. The molecule has 2 aromatic rings. The number of carbonyl (C=O) groups excluding carboxylic acids is 1. The van der Waals surface area contributed by atoms with E-state index in [1.165, 1.54) is 6.20 Å². The number of hydrogen-bond acceptors (Lipinski definition) is 3. The summed E-state index contributed by atoms with van der Waals surface area (Å²) in [7, 11) is 0. The van der Waals surface area contributed by atoms with E-state index in [1.54, 1.807) is 24.3 Å². The average molecular weight is 283 g/mol.